The molecule has 0 radical (unpaired) electrons. The molecule has 11 heteroatoms. The Balaban J connectivity index is 1.63. The van der Waals surface area contributed by atoms with Crippen LogP contribution in [0.1, 0.15) is 44.5 Å². The van der Waals surface area contributed by atoms with Crippen molar-refractivity contribution in [2.24, 2.45) is 0 Å². The molecular formula is C22H22N4O7. The number of carbonyl (C=O) groups excluding carboxylic acids is 4. The summed E-state index contributed by atoms with van der Waals surface area (Å²) >= 11 is 0. The topological polar surface area (TPSA) is 147 Å². The van der Waals surface area contributed by atoms with E-state index in [2.05, 4.69) is 15.6 Å². The highest BCUT2D eigenvalue weighted by molar-refractivity contribution is 6.08. The van der Waals surface area contributed by atoms with Crippen LogP contribution < -0.4 is 15.4 Å². The van der Waals surface area contributed by atoms with Gasteiger partial charge in [-0.15, -0.1) is 0 Å². The number of carbonyl (C=O) groups is 4. The molecule has 0 aliphatic carbocycles. The molecule has 0 spiro atoms. The number of aliphatic hydroxyl groups excluding tert-OH is 1. The molecule has 1 fully saturated rings. The summed E-state index contributed by atoms with van der Waals surface area (Å²) in [6.07, 6.45) is -0.294. The number of benzene rings is 1. The van der Waals surface area contributed by atoms with Crippen molar-refractivity contribution >= 4 is 23.8 Å². The van der Waals surface area contributed by atoms with Crippen LogP contribution in [0.15, 0.2) is 36.5 Å². The summed E-state index contributed by atoms with van der Waals surface area (Å²) in [5, 5.41) is 15.7. The van der Waals surface area contributed by atoms with Gasteiger partial charge in [-0.1, -0.05) is 12.1 Å². The first-order valence-corrected chi connectivity index (χ1v) is 10.1. The molecule has 1 aromatic carbocycles. The number of ether oxygens (including phenoxy) is 2. The molecule has 33 heavy (non-hydrogen) atoms. The van der Waals surface area contributed by atoms with Crippen LogP contribution in [0.2, 0.25) is 0 Å². The molecule has 11 nitrogen and oxygen atoms in total. The zero-order valence-electron chi connectivity index (χ0n) is 18.0. The maximum Gasteiger partial charge on any atom is 0.357 e. The number of amides is 4. The van der Waals surface area contributed by atoms with Crippen molar-refractivity contribution in [3.05, 3.63) is 58.9 Å². The quantitative estimate of drug-likeness (QED) is 0.406. The van der Waals surface area contributed by atoms with Gasteiger partial charge < -0.3 is 24.8 Å². The monoisotopic (exact) mass is 454 g/mol. The van der Waals surface area contributed by atoms with Crippen LogP contribution in [0.3, 0.4) is 0 Å². The van der Waals surface area contributed by atoms with E-state index in [0.717, 1.165) is 5.56 Å². The molecule has 0 saturated carbocycles. The van der Waals surface area contributed by atoms with Crippen LogP contribution >= 0.6 is 0 Å². The minimum Gasteiger partial charge on any atom is -0.497 e. The fraction of sp³-hybridized carbons (Fsp3) is 0.318. The summed E-state index contributed by atoms with van der Waals surface area (Å²) in [5.41, 5.74) is -0.402. The third-order valence-corrected chi connectivity index (χ3v) is 5.79. The van der Waals surface area contributed by atoms with Crippen LogP contribution in [0.5, 0.6) is 5.75 Å². The smallest absolute Gasteiger partial charge is 0.357 e. The Hall–Kier alpha value is -3.99. The molecule has 2 aromatic rings. The summed E-state index contributed by atoms with van der Waals surface area (Å²) in [6.45, 7) is 0.0325. The average molecular weight is 454 g/mol. The van der Waals surface area contributed by atoms with Gasteiger partial charge in [-0.05, 0) is 23.8 Å². The summed E-state index contributed by atoms with van der Waals surface area (Å²) in [7, 11) is 2.68. The standard InChI is InChI=1S/C22H22N4O7/c1-32-13-6-5-12-10-26(18(28)15(12)8-13)11-22(20(30)24-21(31)25-22)9-16(27)14-4-3-7-23-17(14)19(29)33-2/h3-8,16,27H,9-11H2,1-2H3,(H2,24,25,30,31). The largest absolute Gasteiger partial charge is 0.497 e. The number of rotatable bonds is 7. The normalized spacial score (nSPS) is 20.2. The number of esters is 1. The second-order valence-electron chi connectivity index (χ2n) is 7.83. The maximum absolute atomic E-state index is 13.0. The SMILES string of the molecule is COC(=O)c1ncccc1C(O)CC1(CN2Cc3ccc(OC)cc3C2=O)NC(=O)NC1=O. The Morgan fingerprint density at radius 1 is 1.27 bits per heavy atom. The van der Waals surface area contributed by atoms with Crippen LogP contribution in [0.25, 0.3) is 0 Å². The van der Waals surface area contributed by atoms with Crippen molar-refractivity contribution in [3.63, 3.8) is 0 Å². The van der Waals surface area contributed by atoms with Crippen LogP contribution in [0.4, 0.5) is 4.79 Å². The summed E-state index contributed by atoms with van der Waals surface area (Å²) in [6, 6.07) is 7.38. The number of pyridine rings is 1. The van der Waals surface area contributed by atoms with Gasteiger partial charge in [0.2, 0.25) is 0 Å². The molecule has 3 N–H and O–H groups in total. The number of methoxy groups -OCH3 is 2. The lowest BCUT2D eigenvalue weighted by atomic mass is 9.88. The van der Waals surface area contributed by atoms with Crippen molar-refractivity contribution in [3.8, 4) is 5.75 Å². The van der Waals surface area contributed by atoms with E-state index in [4.69, 9.17) is 9.47 Å². The fourth-order valence-electron chi connectivity index (χ4n) is 4.16. The Morgan fingerprint density at radius 3 is 2.73 bits per heavy atom. The number of fused-ring (bicyclic) bond motifs is 1. The molecule has 0 bridgehead atoms. The highest BCUT2D eigenvalue weighted by Crippen LogP contribution is 2.33. The first-order valence-electron chi connectivity index (χ1n) is 10.1. The number of hydrogen-bond acceptors (Lipinski definition) is 8. The molecule has 4 amide bonds. The number of nitrogens with one attached hydrogen (secondary N) is 2. The Bertz CT molecular complexity index is 1150. The molecule has 4 rings (SSSR count). The number of imide groups is 1. The number of aliphatic hydroxyl groups is 1. The number of nitrogens with zero attached hydrogens (tertiary/aromatic N) is 2. The van der Waals surface area contributed by atoms with E-state index in [0.29, 0.717) is 11.3 Å². The summed E-state index contributed by atoms with van der Waals surface area (Å²) in [5.74, 6) is -1.25. The molecular weight excluding hydrogens is 432 g/mol. The predicted octanol–water partition coefficient (Wildman–Crippen LogP) is 0.535. The van der Waals surface area contributed by atoms with Gasteiger partial charge in [0, 0.05) is 30.3 Å². The molecule has 3 heterocycles. The van der Waals surface area contributed by atoms with Gasteiger partial charge in [0.25, 0.3) is 11.8 Å². The lowest BCUT2D eigenvalue weighted by Gasteiger charge is -2.32. The lowest BCUT2D eigenvalue weighted by Crippen LogP contribution is -2.56. The molecule has 2 unspecified atom stereocenters. The van der Waals surface area contributed by atoms with Gasteiger partial charge in [0.1, 0.15) is 11.3 Å². The van der Waals surface area contributed by atoms with Crippen LogP contribution in [0, 0.1) is 0 Å². The van der Waals surface area contributed by atoms with Crippen LogP contribution in [-0.2, 0) is 16.1 Å². The van der Waals surface area contributed by atoms with Crippen molar-refractivity contribution in [2.75, 3.05) is 20.8 Å². The first-order chi connectivity index (χ1) is 15.8. The summed E-state index contributed by atoms with van der Waals surface area (Å²) < 4.78 is 9.89. The van der Waals surface area contributed by atoms with Crippen LogP contribution in [-0.4, -0.2) is 65.1 Å². The Labute approximate surface area is 188 Å². The Morgan fingerprint density at radius 2 is 2.06 bits per heavy atom. The van der Waals surface area contributed by atoms with E-state index >= 15 is 0 Å². The average Bonchev–Trinajstić information content (AvgIpc) is 3.27. The lowest BCUT2D eigenvalue weighted by molar-refractivity contribution is -0.125. The second-order valence-corrected chi connectivity index (χ2v) is 7.83. The molecule has 2 aliphatic rings. The van der Waals surface area contributed by atoms with E-state index in [1.165, 1.54) is 37.4 Å². The van der Waals surface area contributed by atoms with E-state index in [1.807, 2.05) is 0 Å². The molecule has 1 aromatic heterocycles. The second kappa shape index (κ2) is 8.51. The molecule has 172 valence electrons. The van der Waals surface area contributed by atoms with E-state index < -0.39 is 29.6 Å². The van der Waals surface area contributed by atoms with Crippen molar-refractivity contribution in [1.29, 1.82) is 0 Å². The van der Waals surface area contributed by atoms with Gasteiger partial charge in [0.05, 0.1) is 26.9 Å². The zero-order chi connectivity index (χ0) is 23.8. The Kier molecular flexibility index (Phi) is 5.73. The minimum absolute atomic E-state index is 0.107. The van der Waals surface area contributed by atoms with Gasteiger partial charge in [-0.2, -0.15) is 0 Å². The maximum atomic E-state index is 13.0. The number of hydrogen-bond donors (Lipinski definition) is 3. The minimum atomic E-state index is -1.62. The van der Waals surface area contributed by atoms with Gasteiger partial charge in [-0.3, -0.25) is 14.9 Å². The van der Waals surface area contributed by atoms with E-state index in [-0.39, 0.29) is 36.7 Å². The first kappa shape index (κ1) is 22.2. The zero-order valence-corrected chi connectivity index (χ0v) is 18.0. The van der Waals surface area contributed by atoms with E-state index in [1.54, 1.807) is 18.2 Å². The number of urea groups is 1. The number of aromatic nitrogens is 1. The van der Waals surface area contributed by atoms with Crippen molar-refractivity contribution in [2.45, 2.75) is 24.6 Å². The van der Waals surface area contributed by atoms with Crippen molar-refractivity contribution in [1.82, 2.24) is 20.5 Å². The van der Waals surface area contributed by atoms with Crippen molar-refractivity contribution < 1.29 is 33.8 Å². The highest BCUT2D eigenvalue weighted by Gasteiger charge is 2.50. The fourth-order valence-corrected chi connectivity index (χ4v) is 4.16. The van der Waals surface area contributed by atoms with Gasteiger partial charge in [-0.25, -0.2) is 14.6 Å². The third kappa shape index (κ3) is 3.98. The molecule has 1 saturated heterocycles. The van der Waals surface area contributed by atoms with Gasteiger partial charge >= 0.3 is 12.0 Å². The van der Waals surface area contributed by atoms with Gasteiger partial charge in [0.15, 0.2) is 5.69 Å². The predicted molar refractivity (Wildman–Crippen MR) is 112 cm³/mol. The summed E-state index contributed by atoms with van der Waals surface area (Å²) in [4.78, 5) is 55.3. The molecule has 2 aliphatic heterocycles. The third-order valence-electron chi connectivity index (χ3n) is 5.79. The van der Waals surface area contributed by atoms with E-state index in [9.17, 15) is 24.3 Å². The highest BCUT2D eigenvalue weighted by atomic mass is 16.5. The molecule has 2 atom stereocenters.